The van der Waals surface area contributed by atoms with Gasteiger partial charge in [-0.2, -0.15) is 0 Å². The maximum Gasteiger partial charge on any atom is 0.249 e. The maximum atomic E-state index is 11.6. The quantitative estimate of drug-likeness (QED) is 0.835. The Morgan fingerprint density at radius 3 is 2.83 bits per heavy atom. The lowest BCUT2D eigenvalue weighted by atomic mass is 9.86. The number of H-pyrrole nitrogens is 1. The van der Waals surface area contributed by atoms with Gasteiger partial charge in [-0.15, -0.1) is 0 Å². The summed E-state index contributed by atoms with van der Waals surface area (Å²) in [4.78, 5) is 17.0. The van der Waals surface area contributed by atoms with E-state index in [1.807, 2.05) is 12.1 Å². The SMILES string of the molecule is CN(C)C1Cc2c[nH]c3ccc(C(N)=O)c(c23)C1. The number of likely N-dealkylation sites (N-methyl/N-ethyl adjacent to an activating group) is 1. The second-order valence-corrected chi connectivity index (χ2v) is 5.22. The number of hydrogen-bond donors (Lipinski definition) is 2. The molecule has 4 nitrogen and oxygen atoms in total. The zero-order valence-corrected chi connectivity index (χ0v) is 10.7. The lowest BCUT2D eigenvalue weighted by molar-refractivity contribution is 0.0999. The third-order valence-corrected chi connectivity index (χ3v) is 3.93. The van der Waals surface area contributed by atoms with Crippen LogP contribution in [-0.4, -0.2) is 35.9 Å². The number of aromatic amines is 1. The van der Waals surface area contributed by atoms with Crippen LogP contribution in [0.2, 0.25) is 0 Å². The van der Waals surface area contributed by atoms with E-state index in [0.29, 0.717) is 11.6 Å². The standard InChI is InChI=1S/C14H17N3O/c1-17(2)9-5-8-7-16-12-4-3-10(14(15)18)11(6-9)13(8)12/h3-4,7,9,16H,5-6H2,1-2H3,(H2,15,18). The van der Waals surface area contributed by atoms with Crippen LogP contribution in [-0.2, 0) is 12.8 Å². The van der Waals surface area contributed by atoms with E-state index in [9.17, 15) is 4.79 Å². The molecule has 0 aliphatic heterocycles. The average molecular weight is 243 g/mol. The highest BCUT2D eigenvalue weighted by atomic mass is 16.1. The summed E-state index contributed by atoms with van der Waals surface area (Å²) in [6, 6.07) is 4.20. The minimum Gasteiger partial charge on any atom is -0.366 e. The summed E-state index contributed by atoms with van der Waals surface area (Å²) >= 11 is 0. The molecule has 1 aliphatic carbocycles. The Morgan fingerprint density at radius 1 is 1.39 bits per heavy atom. The van der Waals surface area contributed by atoms with Crippen molar-refractivity contribution < 1.29 is 4.79 Å². The molecule has 18 heavy (non-hydrogen) atoms. The molecular weight excluding hydrogens is 226 g/mol. The molecule has 1 aromatic heterocycles. The summed E-state index contributed by atoms with van der Waals surface area (Å²) in [5, 5.41) is 1.20. The molecule has 3 N–H and O–H groups in total. The molecule has 0 saturated carbocycles. The van der Waals surface area contributed by atoms with Gasteiger partial charge in [-0.05, 0) is 50.2 Å². The molecule has 1 unspecified atom stereocenters. The van der Waals surface area contributed by atoms with Gasteiger partial charge < -0.3 is 15.6 Å². The van der Waals surface area contributed by atoms with Crippen molar-refractivity contribution in [2.45, 2.75) is 18.9 Å². The van der Waals surface area contributed by atoms with Crippen molar-refractivity contribution in [3.05, 3.63) is 35.0 Å². The van der Waals surface area contributed by atoms with Gasteiger partial charge in [0.15, 0.2) is 0 Å². The molecule has 0 radical (unpaired) electrons. The molecule has 1 aromatic carbocycles. The van der Waals surface area contributed by atoms with E-state index in [-0.39, 0.29) is 5.91 Å². The molecule has 1 atom stereocenters. The molecule has 94 valence electrons. The van der Waals surface area contributed by atoms with E-state index in [1.54, 1.807) is 0 Å². The van der Waals surface area contributed by atoms with Crippen molar-refractivity contribution in [1.82, 2.24) is 9.88 Å². The summed E-state index contributed by atoms with van der Waals surface area (Å²) in [5.41, 5.74) is 9.63. The molecular formula is C14H17N3O. The van der Waals surface area contributed by atoms with Crippen LogP contribution in [0, 0.1) is 0 Å². The van der Waals surface area contributed by atoms with E-state index in [2.05, 4.69) is 30.2 Å². The number of amides is 1. The van der Waals surface area contributed by atoms with Gasteiger partial charge in [0.2, 0.25) is 5.91 Å². The molecule has 2 aromatic rings. The van der Waals surface area contributed by atoms with Crippen LogP contribution < -0.4 is 5.73 Å². The number of carbonyl (C=O) groups excluding carboxylic acids is 1. The van der Waals surface area contributed by atoms with Crippen LogP contribution in [0.1, 0.15) is 21.5 Å². The van der Waals surface area contributed by atoms with Gasteiger partial charge in [0.05, 0.1) is 0 Å². The summed E-state index contributed by atoms with van der Waals surface area (Å²) in [6.07, 6.45) is 3.95. The lowest BCUT2D eigenvalue weighted by Crippen LogP contribution is -2.35. The highest BCUT2D eigenvalue weighted by molar-refractivity contribution is 6.01. The number of aromatic nitrogens is 1. The predicted octanol–water partition coefficient (Wildman–Crippen LogP) is 1.30. The van der Waals surface area contributed by atoms with Gasteiger partial charge in [-0.3, -0.25) is 4.79 Å². The Morgan fingerprint density at radius 2 is 2.17 bits per heavy atom. The highest BCUT2D eigenvalue weighted by Crippen LogP contribution is 2.33. The van der Waals surface area contributed by atoms with E-state index >= 15 is 0 Å². The zero-order valence-electron chi connectivity index (χ0n) is 10.7. The van der Waals surface area contributed by atoms with Gasteiger partial charge in [-0.1, -0.05) is 0 Å². The van der Waals surface area contributed by atoms with Crippen LogP contribution in [0.5, 0.6) is 0 Å². The fourth-order valence-electron chi connectivity index (χ4n) is 2.90. The van der Waals surface area contributed by atoms with Gasteiger partial charge >= 0.3 is 0 Å². The van der Waals surface area contributed by atoms with E-state index in [1.165, 1.54) is 10.9 Å². The molecule has 0 saturated heterocycles. The zero-order chi connectivity index (χ0) is 12.9. The number of primary amides is 1. The van der Waals surface area contributed by atoms with Gasteiger partial charge in [0.25, 0.3) is 0 Å². The second-order valence-electron chi connectivity index (χ2n) is 5.22. The summed E-state index contributed by atoms with van der Waals surface area (Å²) in [6.45, 7) is 0. The summed E-state index contributed by atoms with van der Waals surface area (Å²) in [7, 11) is 4.15. The number of nitrogens with one attached hydrogen (secondary N) is 1. The third-order valence-electron chi connectivity index (χ3n) is 3.93. The molecule has 0 spiro atoms. The second kappa shape index (κ2) is 3.85. The van der Waals surface area contributed by atoms with Crippen molar-refractivity contribution in [3.63, 3.8) is 0 Å². The van der Waals surface area contributed by atoms with E-state index in [0.717, 1.165) is 23.9 Å². The Hall–Kier alpha value is -1.81. The van der Waals surface area contributed by atoms with Gasteiger partial charge in [-0.25, -0.2) is 0 Å². The molecule has 4 heteroatoms. The average Bonchev–Trinajstić information content (AvgIpc) is 2.74. The van der Waals surface area contributed by atoms with Crippen LogP contribution in [0.15, 0.2) is 18.3 Å². The minimum atomic E-state index is -0.335. The predicted molar refractivity (Wildman–Crippen MR) is 71.7 cm³/mol. The highest BCUT2D eigenvalue weighted by Gasteiger charge is 2.26. The normalized spacial score (nSPS) is 18.5. The monoisotopic (exact) mass is 243 g/mol. The fourth-order valence-corrected chi connectivity index (χ4v) is 2.90. The van der Waals surface area contributed by atoms with E-state index < -0.39 is 0 Å². The number of nitrogens with two attached hydrogens (primary N) is 1. The first-order valence-corrected chi connectivity index (χ1v) is 6.16. The van der Waals surface area contributed by atoms with Crippen molar-refractivity contribution in [1.29, 1.82) is 0 Å². The van der Waals surface area contributed by atoms with Crippen molar-refractivity contribution >= 4 is 16.8 Å². The smallest absolute Gasteiger partial charge is 0.249 e. The Labute approximate surface area is 106 Å². The van der Waals surface area contributed by atoms with Crippen molar-refractivity contribution in [3.8, 4) is 0 Å². The fraction of sp³-hybridized carbons (Fsp3) is 0.357. The third kappa shape index (κ3) is 1.53. The number of hydrogen-bond acceptors (Lipinski definition) is 2. The van der Waals surface area contributed by atoms with Crippen LogP contribution in [0.3, 0.4) is 0 Å². The van der Waals surface area contributed by atoms with Gasteiger partial charge in [0.1, 0.15) is 0 Å². The minimum absolute atomic E-state index is 0.335. The van der Waals surface area contributed by atoms with Crippen molar-refractivity contribution in [2.75, 3.05) is 14.1 Å². The number of rotatable bonds is 2. The first kappa shape index (κ1) is 11.3. The summed E-state index contributed by atoms with van der Waals surface area (Å²) < 4.78 is 0. The first-order valence-electron chi connectivity index (χ1n) is 6.16. The van der Waals surface area contributed by atoms with Gasteiger partial charge in [0, 0.05) is 28.7 Å². The molecule has 3 rings (SSSR count). The molecule has 1 heterocycles. The number of carbonyl (C=O) groups is 1. The number of nitrogens with zero attached hydrogens (tertiary/aromatic N) is 1. The summed E-state index contributed by atoms with van der Waals surface area (Å²) in [5.74, 6) is -0.335. The molecule has 0 bridgehead atoms. The molecule has 1 aliphatic rings. The number of benzene rings is 1. The van der Waals surface area contributed by atoms with E-state index in [4.69, 9.17) is 5.73 Å². The van der Waals surface area contributed by atoms with Crippen LogP contribution in [0.25, 0.3) is 10.9 Å². The van der Waals surface area contributed by atoms with Crippen LogP contribution >= 0.6 is 0 Å². The largest absolute Gasteiger partial charge is 0.366 e. The van der Waals surface area contributed by atoms with Crippen LogP contribution in [0.4, 0.5) is 0 Å². The Bertz CT molecular complexity index is 627. The van der Waals surface area contributed by atoms with Crippen molar-refractivity contribution in [2.24, 2.45) is 5.73 Å². The maximum absolute atomic E-state index is 11.6. The Kier molecular flexibility index (Phi) is 2.41. The lowest BCUT2D eigenvalue weighted by Gasteiger charge is -2.29. The topological polar surface area (TPSA) is 62.1 Å². The Balaban J connectivity index is 2.24. The molecule has 1 amide bonds. The molecule has 0 fully saturated rings. The first-order chi connectivity index (χ1) is 8.58.